The predicted molar refractivity (Wildman–Crippen MR) is 85.6 cm³/mol. The minimum absolute atomic E-state index is 0.0389. The molecule has 1 aromatic heterocycles. The van der Waals surface area contributed by atoms with Crippen LogP contribution in [0, 0.1) is 0 Å². The third-order valence-corrected chi connectivity index (χ3v) is 4.35. The molecule has 1 N–H and O–H groups in total. The molecule has 21 heavy (non-hydrogen) atoms. The van der Waals surface area contributed by atoms with E-state index in [4.69, 9.17) is 4.74 Å². The van der Waals surface area contributed by atoms with E-state index >= 15 is 0 Å². The minimum Gasteiger partial charge on any atom is -0.497 e. The average molecular weight is 304 g/mol. The van der Waals surface area contributed by atoms with E-state index < -0.39 is 0 Å². The van der Waals surface area contributed by atoms with Crippen LogP contribution in [-0.2, 0) is 18.4 Å². The Morgan fingerprint density at radius 3 is 2.62 bits per heavy atom. The predicted octanol–water partition coefficient (Wildman–Crippen LogP) is 2.83. The minimum atomic E-state index is -0.140. The number of aromatic nitrogens is 1. The van der Waals surface area contributed by atoms with Crippen LogP contribution in [0.3, 0.4) is 0 Å². The number of hydrogen-bond donors (Lipinski definition) is 1. The molecule has 112 valence electrons. The van der Waals surface area contributed by atoms with Gasteiger partial charge in [-0.1, -0.05) is 0 Å². The molecule has 1 atom stereocenters. The van der Waals surface area contributed by atoms with E-state index in [1.807, 2.05) is 61.1 Å². The highest BCUT2D eigenvalue weighted by Crippen LogP contribution is 2.25. The van der Waals surface area contributed by atoms with Gasteiger partial charge in [-0.3, -0.25) is 4.79 Å². The quantitative estimate of drug-likeness (QED) is 0.835. The first-order valence-electron chi connectivity index (χ1n) is 6.79. The Balaban J connectivity index is 1.85. The topological polar surface area (TPSA) is 43.3 Å². The molecule has 4 nitrogen and oxygen atoms in total. The molecular formula is C16H20N2O2S. The van der Waals surface area contributed by atoms with Crippen LogP contribution in [0.1, 0.15) is 12.6 Å². The molecule has 0 saturated carbocycles. The maximum Gasteiger partial charge on any atom is 0.233 e. The molecule has 2 aromatic rings. The van der Waals surface area contributed by atoms with Gasteiger partial charge in [0.1, 0.15) is 5.75 Å². The van der Waals surface area contributed by atoms with Crippen LogP contribution in [-0.4, -0.2) is 22.8 Å². The zero-order valence-corrected chi connectivity index (χ0v) is 13.3. The highest BCUT2D eigenvalue weighted by molar-refractivity contribution is 8.00. The van der Waals surface area contributed by atoms with Crippen LogP contribution in [0.15, 0.2) is 47.5 Å². The van der Waals surface area contributed by atoms with Crippen molar-refractivity contribution < 1.29 is 9.53 Å². The average Bonchev–Trinajstić information content (AvgIpc) is 2.90. The first kappa shape index (κ1) is 15.5. The maximum atomic E-state index is 12.1. The molecule has 0 fully saturated rings. The van der Waals surface area contributed by atoms with Crippen molar-refractivity contribution in [2.24, 2.45) is 7.05 Å². The van der Waals surface area contributed by atoms with Crippen molar-refractivity contribution >= 4 is 17.7 Å². The van der Waals surface area contributed by atoms with Gasteiger partial charge in [-0.05, 0) is 43.3 Å². The molecular weight excluding hydrogens is 284 g/mol. The van der Waals surface area contributed by atoms with Gasteiger partial charge in [-0.2, -0.15) is 0 Å². The molecule has 2 rings (SSSR count). The van der Waals surface area contributed by atoms with Crippen LogP contribution in [0.2, 0.25) is 0 Å². The number of methoxy groups -OCH3 is 1. The molecule has 0 aliphatic rings. The lowest BCUT2D eigenvalue weighted by atomic mass is 10.3. The third-order valence-electron chi connectivity index (χ3n) is 3.24. The van der Waals surface area contributed by atoms with Gasteiger partial charge in [0.2, 0.25) is 5.91 Å². The van der Waals surface area contributed by atoms with E-state index in [1.54, 1.807) is 7.11 Å². The molecule has 0 saturated heterocycles. The first-order chi connectivity index (χ1) is 10.1. The molecule has 1 heterocycles. The number of thioether (sulfide) groups is 1. The molecule has 1 aromatic carbocycles. The van der Waals surface area contributed by atoms with Crippen LogP contribution in [0.5, 0.6) is 5.75 Å². The number of carbonyl (C=O) groups excluding carboxylic acids is 1. The molecule has 1 unspecified atom stereocenters. The molecule has 5 heteroatoms. The summed E-state index contributed by atoms with van der Waals surface area (Å²) >= 11 is 1.54. The zero-order chi connectivity index (χ0) is 15.2. The van der Waals surface area contributed by atoms with Gasteiger partial charge in [0.25, 0.3) is 0 Å². The van der Waals surface area contributed by atoms with E-state index in [1.165, 1.54) is 11.8 Å². The van der Waals surface area contributed by atoms with Crippen molar-refractivity contribution in [2.45, 2.75) is 23.6 Å². The van der Waals surface area contributed by atoms with Gasteiger partial charge in [0, 0.05) is 23.8 Å². The van der Waals surface area contributed by atoms with Crippen molar-refractivity contribution in [3.05, 3.63) is 48.3 Å². The van der Waals surface area contributed by atoms with Crippen molar-refractivity contribution in [1.82, 2.24) is 9.88 Å². The van der Waals surface area contributed by atoms with Crippen molar-refractivity contribution in [1.29, 1.82) is 0 Å². The van der Waals surface area contributed by atoms with Gasteiger partial charge in [-0.25, -0.2) is 0 Å². The lowest BCUT2D eigenvalue weighted by molar-refractivity contribution is -0.120. The van der Waals surface area contributed by atoms with Gasteiger partial charge in [-0.15, -0.1) is 11.8 Å². The lowest BCUT2D eigenvalue weighted by Crippen LogP contribution is -2.30. The number of carbonyl (C=O) groups is 1. The highest BCUT2D eigenvalue weighted by atomic mass is 32.2. The summed E-state index contributed by atoms with van der Waals surface area (Å²) in [5, 5.41) is 2.82. The van der Waals surface area contributed by atoms with Crippen LogP contribution < -0.4 is 10.1 Å². The number of benzene rings is 1. The van der Waals surface area contributed by atoms with Crippen molar-refractivity contribution in [3.63, 3.8) is 0 Å². The fourth-order valence-corrected chi connectivity index (χ4v) is 2.81. The Morgan fingerprint density at radius 1 is 1.33 bits per heavy atom. The number of aryl methyl sites for hydroxylation is 1. The summed E-state index contributed by atoms with van der Waals surface area (Å²) in [4.78, 5) is 13.2. The Morgan fingerprint density at radius 2 is 2.05 bits per heavy atom. The number of nitrogens with one attached hydrogen (secondary N) is 1. The Hall–Kier alpha value is -1.88. The second-order valence-corrected chi connectivity index (χ2v) is 6.18. The Labute approximate surface area is 129 Å². The summed E-state index contributed by atoms with van der Waals surface area (Å²) in [6.07, 6.45) is 1.97. The number of hydrogen-bond acceptors (Lipinski definition) is 3. The maximum absolute atomic E-state index is 12.1. The Bertz CT molecular complexity index is 593. The molecule has 0 bridgehead atoms. The molecule has 0 spiro atoms. The summed E-state index contributed by atoms with van der Waals surface area (Å²) in [5.41, 5.74) is 1.09. The van der Waals surface area contributed by atoms with E-state index in [9.17, 15) is 4.79 Å². The summed E-state index contributed by atoms with van der Waals surface area (Å²) in [6, 6.07) is 11.7. The number of amides is 1. The largest absolute Gasteiger partial charge is 0.497 e. The van der Waals surface area contributed by atoms with Gasteiger partial charge in [0.15, 0.2) is 0 Å². The molecule has 1 amide bonds. The Kier molecular flexibility index (Phi) is 5.33. The fraction of sp³-hybridized carbons (Fsp3) is 0.312. The summed E-state index contributed by atoms with van der Waals surface area (Å²) in [7, 11) is 3.61. The highest BCUT2D eigenvalue weighted by Gasteiger charge is 2.14. The smallest absolute Gasteiger partial charge is 0.233 e. The van der Waals surface area contributed by atoms with Gasteiger partial charge < -0.3 is 14.6 Å². The number of nitrogens with zero attached hydrogens (tertiary/aromatic N) is 1. The third kappa shape index (κ3) is 4.29. The lowest BCUT2D eigenvalue weighted by Gasteiger charge is -2.12. The van der Waals surface area contributed by atoms with Crippen LogP contribution >= 0.6 is 11.8 Å². The van der Waals surface area contributed by atoms with E-state index in [2.05, 4.69) is 5.32 Å². The van der Waals surface area contributed by atoms with E-state index in [0.29, 0.717) is 6.54 Å². The van der Waals surface area contributed by atoms with Crippen LogP contribution in [0.25, 0.3) is 0 Å². The normalized spacial score (nSPS) is 12.0. The SMILES string of the molecule is COc1ccc(SC(C)C(=O)NCc2cccn2C)cc1. The first-order valence-corrected chi connectivity index (χ1v) is 7.66. The second-order valence-electron chi connectivity index (χ2n) is 4.76. The zero-order valence-electron chi connectivity index (χ0n) is 12.5. The summed E-state index contributed by atoms with van der Waals surface area (Å²) in [6.45, 7) is 2.46. The van der Waals surface area contributed by atoms with Gasteiger partial charge >= 0.3 is 0 Å². The van der Waals surface area contributed by atoms with Gasteiger partial charge in [0.05, 0.1) is 18.9 Å². The molecule has 0 aliphatic heterocycles. The molecule has 0 radical (unpaired) electrons. The van der Waals surface area contributed by atoms with Crippen molar-refractivity contribution in [2.75, 3.05) is 7.11 Å². The number of rotatable bonds is 6. The summed E-state index contributed by atoms with van der Waals surface area (Å²) in [5.74, 6) is 0.859. The standard InChI is InChI=1S/C16H20N2O2S/c1-12(21-15-8-6-14(20-3)7-9-15)16(19)17-11-13-5-4-10-18(13)2/h4-10,12H,11H2,1-3H3,(H,17,19). The van der Waals surface area contributed by atoms with Crippen molar-refractivity contribution in [3.8, 4) is 5.75 Å². The van der Waals surface area contributed by atoms with Crippen LogP contribution in [0.4, 0.5) is 0 Å². The monoisotopic (exact) mass is 304 g/mol. The molecule has 0 aliphatic carbocycles. The number of ether oxygens (including phenoxy) is 1. The second kappa shape index (κ2) is 7.22. The van der Waals surface area contributed by atoms with E-state index in [-0.39, 0.29) is 11.2 Å². The summed E-state index contributed by atoms with van der Waals surface area (Å²) < 4.78 is 7.12. The van der Waals surface area contributed by atoms with E-state index in [0.717, 1.165) is 16.3 Å². The fourth-order valence-electron chi connectivity index (χ4n) is 1.91.